The molecule has 1 unspecified atom stereocenters. The van der Waals surface area contributed by atoms with Crippen molar-refractivity contribution in [2.75, 3.05) is 7.11 Å². The maximum Gasteiger partial charge on any atom is 0.270 e. The Bertz CT molecular complexity index is 1090. The highest BCUT2D eigenvalue weighted by Crippen LogP contribution is 2.16. The number of methoxy groups -OCH3 is 1. The van der Waals surface area contributed by atoms with E-state index in [1.54, 1.807) is 45.2 Å². The van der Waals surface area contributed by atoms with Crippen molar-refractivity contribution in [1.29, 1.82) is 0 Å². The smallest absolute Gasteiger partial charge is 0.270 e. The summed E-state index contributed by atoms with van der Waals surface area (Å²) in [5, 5.41) is 4.26. The molecule has 1 aromatic heterocycles. The van der Waals surface area contributed by atoms with Gasteiger partial charge in [0, 0.05) is 18.4 Å². The van der Waals surface area contributed by atoms with Crippen LogP contribution < -0.4 is 10.3 Å². The quantitative estimate of drug-likeness (QED) is 0.614. The third-order valence-electron chi connectivity index (χ3n) is 4.82. The molecule has 0 aliphatic heterocycles. The van der Waals surface area contributed by atoms with Gasteiger partial charge in [-0.2, -0.15) is 5.10 Å². The minimum Gasteiger partial charge on any atom is -0.497 e. The molecule has 0 radical (unpaired) electrons. The Morgan fingerprint density at radius 1 is 1.14 bits per heavy atom. The number of halogens is 1. The zero-order valence-electron chi connectivity index (χ0n) is 16.7. The van der Waals surface area contributed by atoms with Gasteiger partial charge in [-0.05, 0) is 49.2 Å². The van der Waals surface area contributed by atoms with Crippen molar-refractivity contribution in [1.82, 2.24) is 9.78 Å². The topological polar surface area (TPSA) is 61.2 Å². The molecule has 6 heteroatoms. The number of carbonyl (C=O) groups is 1. The van der Waals surface area contributed by atoms with Crippen LogP contribution in [-0.2, 0) is 17.6 Å². The van der Waals surface area contributed by atoms with Crippen LogP contribution in [0.5, 0.6) is 5.75 Å². The van der Waals surface area contributed by atoms with Crippen LogP contribution in [-0.4, -0.2) is 22.7 Å². The van der Waals surface area contributed by atoms with Crippen LogP contribution in [0.1, 0.15) is 35.3 Å². The van der Waals surface area contributed by atoms with Crippen LogP contribution in [0.2, 0.25) is 0 Å². The van der Waals surface area contributed by atoms with E-state index in [1.165, 1.54) is 10.7 Å². The molecule has 0 N–H and O–H groups in total. The second-order valence-corrected chi connectivity index (χ2v) is 7.00. The second kappa shape index (κ2) is 8.82. The van der Waals surface area contributed by atoms with Gasteiger partial charge in [-0.15, -0.1) is 0 Å². The molecule has 0 aliphatic carbocycles. The zero-order valence-corrected chi connectivity index (χ0v) is 16.7. The van der Waals surface area contributed by atoms with Gasteiger partial charge in [0.05, 0.1) is 12.8 Å². The van der Waals surface area contributed by atoms with Crippen LogP contribution in [0.15, 0.2) is 59.4 Å². The number of rotatable bonds is 7. The van der Waals surface area contributed by atoms with Gasteiger partial charge in [0.15, 0.2) is 5.78 Å². The maximum absolute atomic E-state index is 13.9. The minimum absolute atomic E-state index is 0.0961. The number of nitrogens with zero attached hydrogens (tertiary/aromatic N) is 2. The van der Waals surface area contributed by atoms with E-state index in [0.29, 0.717) is 29.0 Å². The molecule has 0 saturated carbocycles. The number of aryl methyl sites for hydroxylation is 1. The summed E-state index contributed by atoms with van der Waals surface area (Å²) in [6, 6.07) is 14.5. The van der Waals surface area contributed by atoms with Crippen LogP contribution in [0.25, 0.3) is 0 Å². The summed E-state index contributed by atoms with van der Waals surface area (Å²) in [5.74, 6) is 0.000907. The summed E-state index contributed by atoms with van der Waals surface area (Å²) >= 11 is 0. The van der Waals surface area contributed by atoms with E-state index in [9.17, 15) is 14.0 Å². The third-order valence-corrected chi connectivity index (χ3v) is 4.82. The largest absolute Gasteiger partial charge is 0.497 e. The van der Waals surface area contributed by atoms with Gasteiger partial charge in [0.2, 0.25) is 0 Å². The van der Waals surface area contributed by atoms with Crippen LogP contribution >= 0.6 is 0 Å². The fourth-order valence-corrected chi connectivity index (χ4v) is 3.21. The summed E-state index contributed by atoms with van der Waals surface area (Å²) in [6.45, 7) is 3.39. The number of Topliss-reactive ketones (excluding diaryl/α,β-unsaturated/α-hetero) is 1. The Balaban J connectivity index is 1.88. The molecule has 2 aromatic carbocycles. The summed E-state index contributed by atoms with van der Waals surface area (Å²) in [7, 11) is 1.59. The molecule has 0 bridgehead atoms. The number of hydrogen-bond acceptors (Lipinski definition) is 4. The number of ketones is 1. The van der Waals surface area contributed by atoms with Gasteiger partial charge in [-0.3, -0.25) is 9.59 Å². The molecule has 0 saturated heterocycles. The Morgan fingerprint density at radius 3 is 2.62 bits per heavy atom. The third kappa shape index (κ3) is 4.77. The molecule has 3 aromatic rings. The first-order chi connectivity index (χ1) is 13.9. The summed E-state index contributed by atoms with van der Waals surface area (Å²) in [5.41, 5.74) is 2.07. The van der Waals surface area contributed by atoms with E-state index in [0.717, 1.165) is 5.56 Å². The SMILES string of the molecule is COc1cccc(Cc2cc(C)nn(C(C)C(=O)Cc3ccccc3F)c2=O)c1. The van der Waals surface area contributed by atoms with Gasteiger partial charge >= 0.3 is 0 Å². The molecule has 3 rings (SSSR count). The lowest BCUT2D eigenvalue weighted by molar-refractivity contribution is -0.121. The number of ether oxygens (including phenoxy) is 1. The van der Waals surface area contributed by atoms with E-state index in [4.69, 9.17) is 4.74 Å². The molecule has 1 atom stereocenters. The Kier molecular flexibility index (Phi) is 6.22. The predicted octanol–water partition coefficient (Wildman–Crippen LogP) is 3.66. The lowest BCUT2D eigenvalue weighted by atomic mass is 10.0. The predicted molar refractivity (Wildman–Crippen MR) is 109 cm³/mol. The first-order valence-corrected chi connectivity index (χ1v) is 9.37. The summed E-state index contributed by atoms with van der Waals surface area (Å²) in [4.78, 5) is 25.7. The van der Waals surface area contributed by atoms with Gasteiger partial charge < -0.3 is 4.74 Å². The number of aromatic nitrogens is 2. The summed E-state index contributed by atoms with van der Waals surface area (Å²) in [6.07, 6.45) is 0.300. The van der Waals surface area contributed by atoms with Crippen molar-refractivity contribution in [2.24, 2.45) is 0 Å². The average molecular weight is 394 g/mol. The normalized spacial score (nSPS) is 11.9. The van der Waals surface area contributed by atoms with E-state index in [2.05, 4.69) is 5.10 Å². The van der Waals surface area contributed by atoms with Crippen molar-refractivity contribution >= 4 is 5.78 Å². The van der Waals surface area contributed by atoms with Gasteiger partial charge in [-0.1, -0.05) is 30.3 Å². The monoisotopic (exact) mass is 394 g/mol. The fourth-order valence-electron chi connectivity index (χ4n) is 3.21. The molecule has 0 spiro atoms. The van der Waals surface area contributed by atoms with Crippen molar-refractivity contribution in [3.8, 4) is 5.75 Å². The van der Waals surface area contributed by atoms with Crippen LogP contribution in [0, 0.1) is 12.7 Å². The first-order valence-electron chi connectivity index (χ1n) is 9.37. The number of hydrogen-bond donors (Lipinski definition) is 0. The van der Waals surface area contributed by atoms with Crippen molar-refractivity contribution in [3.63, 3.8) is 0 Å². The van der Waals surface area contributed by atoms with Crippen molar-refractivity contribution < 1.29 is 13.9 Å². The van der Waals surface area contributed by atoms with Gasteiger partial charge in [0.1, 0.15) is 17.6 Å². The highest BCUT2D eigenvalue weighted by atomic mass is 19.1. The molecular formula is C23H23FN2O3. The lowest BCUT2D eigenvalue weighted by Crippen LogP contribution is -2.33. The fraction of sp³-hybridized carbons (Fsp3) is 0.261. The van der Waals surface area contributed by atoms with Crippen molar-refractivity contribution in [3.05, 3.63) is 93.2 Å². The molecule has 0 amide bonds. The van der Waals surface area contributed by atoms with Crippen LogP contribution in [0.4, 0.5) is 4.39 Å². The molecule has 5 nitrogen and oxygen atoms in total. The molecule has 29 heavy (non-hydrogen) atoms. The van der Waals surface area contributed by atoms with E-state index in [-0.39, 0.29) is 17.8 Å². The standard InChI is InChI=1S/C23H23FN2O3/c1-15-11-19(12-17-7-6-9-20(13-17)29-3)23(28)26(25-15)16(2)22(27)14-18-8-4-5-10-21(18)24/h4-11,13,16H,12,14H2,1-3H3. The highest BCUT2D eigenvalue weighted by molar-refractivity contribution is 5.84. The zero-order chi connectivity index (χ0) is 21.0. The van der Waals surface area contributed by atoms with E-state index in [1.807, 2.05) is 24.3 Å². The molecule has 0 fully saturated rings. The maximum atomic E-state index is 13.9. The van der Waals surface area contributed by atoms with Gasteiger partial charge in [-0.25, -0.2) is 9.07 Å². The molecule has 0 aliphatic rings. The first kappa shape index (κ1) is 20.5. The molecule has 1 heterocycles. The Hall–Kier alpha value is -3.28. The molecular weight excluding hydrogens is 371 g/mol. The number of benzene rings is 2. The molecule has 150 valence electrons. The van der Waals surface area contributed by atoms with E-state index >= 15 is 0 Å². The summed E-state index contributed by atoms with van der Waals surface area (Å²) < 4.78 is 20.3. The van der Waals surface area contributed by atoms with Crippen LogP contribution in [0.3, 0.4) is 0 Å². The second-order valence-electron chi connectivity index (χ2n) is 7.00. The van der Waals surface area contributed by atoms with Crippen molar-refractivity contribution in [2.45, 2.75) is 32.7 Å². The Morgan fingerprint density at radius 2 is 1.90 bits per heavy atom. The van der Waals surface area contributed by atoms with E-state index < -0.39 is 11.9 Å². The number of carbonyl (C=O) groups excluding carboxylic acids is 1. The average Bonchev–Trinajstić information content (AvgIpc) is 2.71. The van der Waals surface area contributed by atoms with Gasteiger partial charge in [0.25, 0.3) is 5.56 Å². The minimum atomic E-state index is -0.800. The Labute approximate surface area is 168 Å². The lowest BCUT2D eigenvalue weighted by Gasteiger charge is -2.15. The highest BCUT2D eigenvalue weighted by Gasteiger charge is 2.21.